The first-order valence-electron chi connectivity index (χ1n) is 5.41. The molecule has 15 heavy (non-hydrogen) atoms. The monoisotopic (exact) mass is 206 g/mol. The zero-order valence-corrected chi connectivity index (χ0v) is 9.14. The number of ether oxygens (including phenoxy) is 1. The van der Waals surface area contributed by atoms with Gasteiger partial charge in [0.15, 0.2) is 0 Å². The Hall–Kier alpha value is -1.05. The average molecular weight is 206 g/mol. The normalized spacial score (nSPS) is 18.1. The van der Waals surface area contributed by atoms with Gasteiger partial charge >= 0.3 is 0 Å². The molecule has 80 valence electrons. The lowest BCUT2D eigenvalue weighted by molar-refractivity contribution is 0.0505. The quantitative estimate of drug-likeness (QED) is 0.718. The van der Waals surface area contributed by atoms with Crippen molar-refractivity contribution < 1.29 is 9.13 Å². The lowest BCUT2D eigenvalue weighted by atomic mass is 9.87. The van der Waals surface area contributed by atoms with Gasteiger partial charge in [-0.1, -0.05) is 19.9 Å². The summed E-state index contributed by atoms with van der Waals surface area (Å²) in [6.07, 6.45) is 5.93. The Balaban J connectivity index is 2.32. The van der Waals surface area contributed by atoms with Gasteiger partial charge in [-0.25, -0.2) is 4.39 Å². The molecule has 2 radical (unpaired) electrons. The van der Waals surface area contributed by atoms with Crippen molar-refractivity contribution in [1.29, 1.82) is 0 Å². The van der Waals surface area contributed by atoms with Gasteiger partial charge in [-0.15, -0.1) is 0 Å². The maximum absolute atomic E-state index is 13.0. The molecule has 0 fully saturated rings. The predicted octanol–water partition coefficient (Wildman–Crippen LogP) is 3.60. The highest BCUT2D eigenvalue weighted by atomic mass is 19.1. The summed E-state index contributed by atoms with van der Waals surface area (Å²) < 4.78 is 18.9. The van der Waals surface area contributed by atoms with Crippen molar-refractivity contribution in [2.75, 3.05) is 0 Å². The van der Waals surface area contributed by atoms with Crippen molar-refractivity contribution in [3.05, 3.63) is 36.0 Å². The van der Waals surface area contributed by atoms with Crippen molar-refractivity contribution >= 4 is 0 Å². The molecule has 0 atom stereocenters. The average Bonchev–Trinajstić information content (AvgIpc) is 2.28. The molecule has 1 heterocycles. The Morgan fingerprint density at radius 2 is 2.13 bits per heavy atom. The molecule has 0 aromatic heterocycles. The maximum Gasteiger partial charge on any atom is 0.126 e. The molecule has 0 saturated carbocycles. The van der Waals surface area contributed by atoms with Crippen LogP contribution in [0.25, 0.3) is 0 Å². The van der Waals surface area contributed by atoms with E-state index < -0.39 is 0 Å². The zero-order chi connectivity index (χ0) is 10.9. The van der Waals surface area contributed by atoms with Crippen molar-refractivity contribution in [1.82, 2.24) is 0 Å². The van der Waals surface area contributed by atoms with E-state index in [1.807, 2.05) is 0 Å². The van der Waals surface area contributed by atoms with E-state index in [2.05, 4.69) is 20.3 Å². The minimum absolute atomic E-state index is 0.180. The Morgan fingerprint density at radius 3 is 2.80 bits per heavy atom. The van der Waals surface area contributed by atoms with Gasteiger partial charge in [0.25, 0.3) is 0 Å². The minimum Gasteiger partial charge on any atom is -0.487 e. The predicted molar refractivity (Wildman–Crippen MR) is 57.3 cm³/mol. The highest BCUT2D eigenvalue weighted by Crippen LogP contribution is 2.38. The van der Waals surface area contributed by atoms with Crippen LogP contribution in [0, 0.1) is 12.2 Å². The van der Waals surface area contributed by atoms with E-state index in [0.717, 1.165) is 24.8 Å². The Morgan fingerprint density at radius 1 is 1.40 bits per heavy atom. The van der Waals surface area contributed by atoms with Crippen LogP contribution in [0.4, 0.5) is 4.39 Å². The van der Waals surface area contributed by atoms with Crippen molar-refractivity contribution in [3.8, 4) is 5.75 Å². The molecule has 0 N–H and O–H groups in total. The van der Waals surface area contributed by atoms with Gasteiger partial charge in [-0.3, -0.25) is 0 Å². The lowest BCUT2D eigenvalue weighted by Gasteiger charge is -2.37. The van der Waals surface area contributed by atoms with Gasteiger partial charge < -0.3 is 4.74 Å². The number of fused-ring (bicyclic) bond motifs is 1. The third kappa shape index (κ3) is 1.85. The molecule has 0 aliphatic carbocycles. The van der Waals surface area contributed by atoms with Crippen molar-refractivity contribution in [2.45, 2.75) is 38.7 Å². The van der Waals surface area contributed by atoms with E-state index in [1.54, 1.807) is 6.07 Å². The highest BCUT2D eigenvalue weighted by molar-refractivity contribution is 5.42. The van der Waals surface area contributed by atoms with Gasteiger partial charge in [0.2, 0.25) is 0 Å². The van der Waals surface area contributed by atoms with Crippen LogP contribution in [0.2, 0.25) is 0 Å². The van der Waals surface area contributed by atoms with Crippen LogP contribution in [-0.4, -0.2) is 5.60 Å². The molecule has 1 nitrogen and oxygen atoms in total. The van der Waals surface area contributed by atoms with E-state index >= 15 is 0 Å². The molecule has 2 heteroatoms. The molecule has 0 saturated heterocycles. The lowest BCUT2D eigenvalue weighted by Crippen LogP contribution is -2.37. The minimum atomic E-state index is -0.251. The first-order chi connectivity index (χ1) is 7.19. The molecule has 0 amide bonds. The second kappa shape index (κ2) is 3.84. The van der Waals surface area contributed by atoms with E-state index in [0.29, 0.717) is 5.75 Å². The Labute approximate surface area is 90.3 Å². The first kappa shape index (κ1) is 10.5. The van der Waals surface area contributed by atoms with Crippen molar-refractivity contribution in [2.24, 2.45) is 0 Å². The van der Waals surface area contributed by atoms with Crippen LogP contribution in [0.3, 0.4) is 0 Å². The van der Waals surface area contributed by atoms with Gasteiger partial charge in [0.1, 0.15) is 17.2 Å². The fourth-order valence-corrected chi connectivity index (χ4v) is 1.90. The number of rotatable bonds is 2. The summed E-state index contributed by atoms with van der Waals surface area (Å²) in [6, 6.07) is 4.61. The number of halogens is 1. The highest BCUT2D eigenvalue weighted by Gasteiger charge is 2.33. The van der Waals surface area contributed by atoms with Crippen LogP contribution >= 0.6 is 0 Å². The fraction of sp³-hybridized carbons (Fsp3) is 0.462. The number of benzene rings is 1. The number of hydrogen-bond acceptors (Lipinski definition) is 1. The summed E-state index contributed by atoms with van der Waals surface area (Å²) in [7, 11) is 0. The summed E-state index contributed by atoms with van der Waals surface area (Å²) in [5.41, 5.74) is 0.703. The van der Waals surface area contributed by atoms with Gasteiger partial charge in [-0.05, 0) is 25.3 Å². The SMILES string of the molecule is CCC1(CC)C[C]c2ccc(F)cc2O1. The molecule has 1 aromatic rings. The molecule has 1 aromatic carbocycles. The third-order valence-corrected chi connectivity index (χ3v) is 3.16. The Bertz CT molecular complexity index is 356. The molecule has 0 spiro atoms. The van der Waals surface area contributed by atoms with Gasteiger partial charge in [0, 0.05) is 18.1 Å². The van der Waals surface area contributed by atoms with Crippen LogP contribution in [0.1, 0.15) is 38.7 Å². The smallest absolute Gasteiger partial charge is 0.126 e. The molecule has 0 bridgehead atoms. The largest absolute Gasteiger partial charge is 0.487 e. The molecule has 0 unspecified atom stereocenters. The summed E-state index contributed by atoms with van der Waals surface area (Å²) in [5.74, 6) is 0.378. The summed E-state index contributed by atoms with van der Waals surface area (Å²) in [4.78, 5) is 0. The molecule has 2 rings (SSSR count). The van der Waals surface area contributed by atoms with Crippen LogP contribution < -0.4 is 4.74 Å². The van der Waals surface area contributed by atoms with E-state index in [4.69, 9.17) is 4.74 Å². The zero-order valence-electron chi connectivity index (χ0n) is 9.14. The van der Waals surface area contributed by atoms with E-state index in [9.17, 15) is 4.39 Å². The first-order valence-corrected chi connectivity index (χ1v) is 5.41. The van der Waals surface area contributed by atoms with Crippen molar-refractivity contribution in [3.63, 3.8) is 0 Å². The summed E-state index contributed by atoms with van der Waals surface area (Å²) in [5, 5.41) is 0. The summed E-state index contributed by atoms with van der Waals surface area (Å²) >= 11 is 0. The fourth-order valence-electron chi connectivity index (χ4n) is 1.90. The second-order valence-electron chi connectivity index (χ2n) is 3.99. The topological polar surface area (TPSA) is 9.23 Å². The standard InChI is InChI=1S/C13H15FO/c1-3-13(4-2)8-7-10-5-6-11(14)9-12(10)15-13/h5-6,9H,3-4,8H2,1-2H3. The molecule has 1 aliphatic heterocycles. The van der Waals surface area contributed by atoms with Gasteiger partial charge in [-0.2, -0.15) is 0 Å². The molecule has 1 aliphatic rings. The van der Waals surface area contributed by atoms with E-state index in [-0.39, 0.29) is 11.4 Å². The number of hydrogen-bond donors (Lipinski definition) is 0. The molecular weight excluding hydrogens is 191 g/mol. The van der Waals surface area contributed by atoms with Crippen LogP contribution in [-0.2, 0) is 0 Å². The van der Waals surface area contributed by atoms with E-state index in [1.165, 1.54) is 12.1 Å². The van der Waals surface area contributed by atoms with Gasteiger partial charge in [0.05, 0.1) is 0 Å². The Kier molecular flexibility index (Phi) is 2.68. The third-order valence-electron chi connectivity index (χ3n) is 3.16. The second-order valence-corrected chi connectivity index (χ2v) is 3.99. The molecular formula is C13H15FO. The maximum atomic E-state index is 13.0. The van der Waals surface area contributed by atoms with Crippen LogP contribution in [0.15, 0.2) is 18.2 Å². The van der Waals surface area contributed by atoms with Crippen LogP contribution in [0.5, 0.6) is 5.75 Å². The summed E-state index contributed by atoms with van der Waals surface area (Å²) in [6.45, 7) is 4.19.